The number of fused-ring (bicyclic) bond motifs is 1. The summed E-state index contributed by atoms with van der Waals surface area (Å²) in [6, 6.07) is 4.01. The van der Waals surface area contributed by atoms with E-state index in [9.17, 15) is 14.7 Å². The van der Waals surface area contributed by atoms with Crippen molar-refractivity contribution >= 4 is 27.5 Å². The van der Waals surface area contributed by atoms with Gasteiger partial charge in [-0.1, -0.05) is 12.1 Å². The molecule has 0 amide bonds. The van der Waals surface area contributed by atoms with Crippen LogP contribution in [0.25, 0.3) is 10.2 Å². The summed E-state index contributed by atoms with van der Waals surface area (Å²) in [4.78, 5) is 30.2. The number of aliphatic hydroxyl groups excluding tert-OH is 1. The molecule has 0 saturated heterocycles. The van der Waals surface area contributed by atoms with Gasteiger partial charge in [0.15, 0.2) is 0 Å². The van der Waals surface area contributed by atoms with Crippen molar-refractivity contribution in [1.29, 1.82) is 0 Å². The Morgan fingerprint density at radius 3 is 2.60 bits per heavy atom. The van der Waals surface area contributed by atoms with Gasteiger partial charge in [-0.15, -0.1) is 11.3 Å². The maximum Gasteiger partial charge on any atom is 0.348 e. The normalized spacial score (nSPS) is 12.2. The number of nitrogens with zero attached hydrogens (tertiary/aromatic N) is 2. The van der Waals surface area contributed by atoms with Crippen LogP contribution in [0.3, 0.4) is 0 Å². The highest BCUT2D eigenvalue weighted by atomic mass is 32.1. The third-order valence-corrected chi connectivity index (χ3v) is 6.26. The first kappa shape index (κ1) is 22.0. The summed E-state index contributed by atoms with van der Waals surface area (Å²) in [7, 11) is 0. The van der Waals surface area contributed by atoms with Crippen molar-refractivity contribution in [3.63, 3.8) is 0 Å². The molecule has 0 fully saturated rings. The second-order valence-electron chi connectivity index (χ2n) is 7.28. The average molecular weight is 431 g/mol. The molecule has 0 radical (unpaired) electrons. The van der Waals surface area contributed by atoms with E-state index in [1.165, 1.54) is 10.9 Å². The lowest BCUT2D eigenvalue weighted by atomic mass is 10.1. The predicted octanol–water partition coefficient (Wildman–Crippen LogP) is 3.31. The quantitative estimate of drug-likeness (QED) is 0.579. The van der Waals surface area contributed by atoms with Crippen LogP contribution >= 0.6 is 11.3 Å². The Kier molecular flexibility index (Phi) is 6.58. The van der Waals surface area contributed by atoms with E-state index in [2.05, 4.69) is 4.98 Å². The minimum absolute atomic E-state index is 0.0374. The van der Waals surface area contributed by atoms with Gasteiger partial charge in [0.2, 0.25) is 0 Å². The maximum absolute atomic E-state index is 12.9. The van der Waals surface area contributed by atoms with Crippen LogP contribution in [0.1, 0.15) is 38.8 Å². The van der Waals surface area contributed by atoms with Crippen molar-refractivity contribution in [2.75, 3.05) is 13.2 Å². The number of benzene rings is 1. The largest absolute Gasteiger partial charge is 0.490 e. The first-order valence-electron chi connectivity index (χ1n) is 9.77. The van der Waals surface area contributed by atoms with Crippen molar-refractivity contribution < 1.29 is 19.4 Å². The zero-order chi connectivity index (χ0) is 22.0. The van der Waals surface area contributed by atoms with Crippen molar-refractivity contribution in [3.8, 4) is 5.75 Å². The number of carbonyl (C=O) groups is 1. The van der Waals surface area contributed by atoms with Gasteiger partial charge in [0, 0.05) is 0 Å². The first-order valence-corrected chi connectivity index (χ1v) is 10.6. The number of hydrogen-bond donors (Lipinski definition) is 1. The SMILES string of the molecule is CCOC(=O)c1sc2ncn(C[C@H](O)COc3c(C)ccc(C)c3C)c(=O)c2c1C. The maximum atomic E-state index is 12.9. The van der Waals surface area contributed by atoms with Gasteiger partial charge in [0.05, 0.1) is 24.9 Å². The molecular weight excluding hydrogens is 404 g/mol. The first-order chi connectivity index (χ1) is 14.2. The second kappa shape index (κ2) is 8.97. The molecule has 2 heterocycles. The topological polar surface area (TPSA) is 90.7 Å². The third kappa shape index (κ3) is 4.24. The highest BCUT2D eigenvalue weighted by Gasteiger charge is 2.21. The molecule has 8 heteroatoms. The third-order valence-electron chi connectivity index (χ3n) is 5.08. The van der Waals surface area contributed by atoms with Crippen LogP contribution in [0, 0.1) is 27.7 Å². The summed E-state index contributed by atoms with van der Waals surface area (Å²) in [5, 5.41) is 10.8. The molecule has 1 N–H and O–H groups in total. The van der Waals surface area contributed by atoms with Crippen LogP contribution < -0.4 is 10.3 Å². The summed E-state index contributed by atoms with van der Waals surface area (Å²) in [6.07, 6.45) is 0.492. The van der Waals surface area contributed by atoms with E-state index in [4.69, 9.17) is 9.47 Å². The highest BCUT2D eigenvalue weighted by Crippen LogP contribution is 2.28. The van der Waals surface area contributed by atoms with Crippen molar-refractivity contribution in [3.05, 3.63) is 55.9 Å². The van der Waals surface area contributed by atoms with Crippen LogP contribution in [-0.4, -0.2) is 39.9 Å². The Labute approximate surface area is 178 Å². The van der Waals surface area contributed by atoms with Gasteiger partial charge < -0.3 is 14.6 Å². The van der Waals surface area contributed by atoms with Gasteiger partial charge in [0.1, 0.15) is 28.2 Å². The fourth-order valence-electron chi connectivity index (χ4n) is 3.29. The molecule has 1 aromatic carbocycles. The lowest BCUT2D eigenvalue weighted by Crippen LogP contribution is -2.30. The van der Waals surface area contributed by atoms with Crippen LogP contribution in [0.4, 0.5) is 0 Å². The minimum Gasteiger partial charge on any atom is -0.490 e. The van der Waals surface area contributed by atoms with E-state index in [1.54, 1.807) is 13.8 Å². The Bertz CT molecular complexity index is 1150. The molecule has 2 aromatic heterocycles. The monoisotopic (exact) mass is 430 g/mol. The van der Waals surface area contributed by atoms with Crippen LogP contribution in [0.5, 0.6) is 5.75 Å². The number of carbonyl (C=O) groups excluding carboxylic acids is 1. The lowest BCUT2D eigenvalue weighted by molar-refractivity contribution is 0.0531. The standard InChI is InChI=1S/C22H26N2O5S/c1-6-28-22(27)19-15(5)17-20(30-19)23-11-24(21(17)26)9-16(25)10-29-18-13(3)8-7-12(2)14(18)4/h7-8,11,16,25H,6,9-10H2,1-5H3/t16-/m0/s1. The number of aromatic nitrogens is 2. The molecule has 7 nitrogen and oxygen atoms in total. The molecule has 30 heavy (non-hydrogen) atoms. The molecule has 1 atom stereocenters. The van der Waals surface area contributed by atoms with Crippen molar-refractivity contribution in [2.45, 2.75) is 47.3 Å². The number of rotatable bonds is 7. The Morgan fingerprint density at radius 1 is 1.20 bits per heavy atom. The number of thiophene rings is 1. The van der Waals surface area contributed by atoms with Gasteiger partial charge in [-0.2, -0.15) is 0 Å². The zero-order valence-electron chi connectivity index (χ0n) is 17.8. The van der Waals surface area contributed by atoms with E-state index in [0.29, 0.717) is 20.7 Å². The molecule has 0 spiro atoms. The number of ether oxygens (including phenoxy) is 2. The van der Waals surface area contributed by atoms with Gasteiger partial charge in [-0.05, 0) is 56.9 Å². The molecular formula is C22H26N2O5S. The second-order valence-corrected chi connectivity index (χ2v) is 8.28. The summed E-state index contributed by atoms with van der Waals surface area (Å²) >= 11 is 1.14. The molecule has 0 bridgehead atoms. The van der Waals surface area contributed by atoms with E-state index in [1.807, 2.05) is 32.9 Å². The zero-order valence-corrected chi connectivity index (χ0v) is 18.6. The van der Waals surface area contributed by atoms with Gasteiger partial charge in [0.25, 0.3) is 5.56 Å². The fourth-order valence-corrected chi connectivity index (χ4v) is 4.32. The van der Waals surface area contributed by atoms with Gasteiger partial charge in [-0.3, -0.25) is 9.36 Å². The molecule has 3 rings (SSSR count). The molecule has 0 aliphatic rings. The summed E-state index contributed by atoms with van der Waals surface area (Å²) < 4.78 is 12.3. The number of aryl methyl sites for hydroxylation is 3. The minimum atomic E-state index is -0.898. The molecule has 0 aliphatic heterocycles. The smallest absolute Gasteiger partial charge is 0.348 e. The van der Waals surface area contributed by atoms with Crippen molar-refractivity contribution in [1.82, 2.24) is 9.55 Å². The average Bonchev–Trinajstić information content (AvgIpc) is 3.04. The van der Waals surface area contributed by atoms with Gasteiger partial charge >= 0.3 is 5.97 Å². The molecule has 0 saturated carbocycles. The van der Waals surface area contributed by atoms with Crippen molar-refractivity contribution in [2.24, 2.45) is 0 Å². The number of esters is 1. The van der Waals surface area contributed by atoms with E-state index >= 15 is 0 Å². The van der Waals surface area contributed by atoms with Crippen LogP contribution in [-0.2, 0) is 11.3 Å². The Morgan fingerprint density at radius 2 is 1.90 bits per heavy atom. The summed E-state index contributed by atoms with van der Waals surface area (Å²) in [5.74, 6) is 0.295. The molecule has 0 unspecified atom stereocenters. The summed E-state index contributed by atoms with van der Waals surface area (Å²) in [6.45, 7) is 9.73. The van der Waals surface area contributed by atoms with Crippen LogP contribution in [0.2, 0.25) is 0 Å². The molecule has 3 aromatic rings. The molecule has 160 valence electrons. The van der Waals surface area contributed by atoms with E-state index in [0.717, 1.165) is 33.8 Å². The Balaban J connectivity index is 1.80. The van der Waals surface area contributed by atoms with Gasteiger partial charge in [-0.25, -0.2) is 9.78 Å². The number of aliphatic hydroxyl groups is 1. The van der Waals surface area contributed by atoms with Crippen LogP contribution in [0.15, 0.2) is 23.3 Å². The van der Waals surface area contributed by atoms with E-state index < -0.39 is 12.1 Å². The fraction of sp³-hybridized carbons (Fsp3) is 0.409. The highest BCUT2D eigenvalue weighted by molar-refractivity contribution is 7.20. The number of hydrogen-bond acceptors (Lipinski definition) is 7. The predicted molar refractivity (Wildman–Crippen MR) is 117 cm³/mol. The molecule has 0 aliphatic carbocycles. The van der Waals surface area contributed by atoms with E-state index in [-0.39, 0.29) is 25.3 Å². The Hall–Kier alpha value is -2.71. The lowest BCUT2D eigenvalue weighted by Gasteiger charge is -2.17. The summed E-state index contributed by atoms with van der Waals surface area (Å²) in [5.41, 5.74) is 3.39.